The number of carbonyl (C=O) groups is 5. The van der Waals surface area contributed by atoms with E-state index in [1.54, 1.807) is 34.6 Å². The summed E-state index contributed by atoms with van der Waals surface area (Å²) >= 11 is 0.888. The molecule has 1 aromatic heterocycles. The predicted molar refractivity (Wildman–Crippen MR) is 167 cm³/mol. The second kappa shape index (κ2) is 15.9. The number of nitrogens with one attached hydrogen (secondary N) is 3. The fraction of sp³-hybridized carbons (Fsp3) is 0.531. The van der Waals surface area contributed by atoms with E-state index in [1.165, 1.54) is 31.4 Å². The van der Waals surface area contributed by atoms with Crippen molar-refractivity contribution in [3.05, 3.63) is 51.7 Å². The van der Waals surface area contributed by atoms with Crippen molar-refractivity contribution in [3.8, 4) is 0 Å². The molecule has 242 valence electrons. The van der Waals surface area contributed by atoms with Crippen LogP contribution in [0.3, 0.4) is 0 Å². The molecule has 0 aliphatic rings. The summed E-state index contributed by atoms with van der Waals surface area (Å²) in [6.07, 6.45) is 1.14. The number of halogens is 1. The van der Waals surface area contributed by atoms with Crippen LogP contribution in [-0.4, -0.2) is 61.4 Å². The quantitative estimate of drug-likeness (QED) is 0.196. The average Bonchev–Trinajstić information content (AvgIpc) is 3.28. The summed E-state index contributed by atoms with van der Waals surface area (Å²) in [6, 6.07) is 3.97. The first-order valence-corrected chi connectivity index (χ1v) is 15.3. The SMILES string of the molecule is CCC(C(=O)Nc1sc(C(=O)N[C@@H](C(=O)N[C@@H](COC(C)(C)C)[C@@H](C)C=O)C(C)C)c(C)c1C(=O)OC)c1ccc(F)cc1. The molecule has 0 spiro atoms. The third-order valence-corrected chi connectivity index (χ3v) is 8.29. The molecule has 0 fully saturated rings. The normalized spacial score (nSPS) is 14.2. The largest absolute Gasteiger partial charge is 0.465 e. The lowest BCUT2D eigenvalue weighted by Crippen LogP contribution is -2.54. The molecule has 3 amide bonds. The van der Waals surface area contributed by atoms with Gasteiger partial charge in [-0.3, -0.25) is 14.4 Å². The van der Waals surface area contributed by atoms with Crippen molar-refractivity contribution in [1.29, 1.82) is 0 Å². The summed E-state index contributed by atoms with van der Waals surface area (Å²) in [6.45, 7) is 14.3. The Hall–Kier alpha value is -3.64. The van der Waals surface area contributed by atoms with E-state index in [0.29, 0.717) is 12.0 Å². The average molecular weight is 634 g/mol. The number of ether oxygens (including phenoxy) is 2. The van der Waals surface area contributed by atoms with Crippen LogP contribution in [0.2, 0.25) is 0 Å². The zero-order valence-electron chi connectivity index (χ0n) is 26.8. The first-order chi connectivity index (χ1) is 20.5. The van der Waals surface area contributed by atoms with E-state index >= 15 is 0 Å². The summed E-state index contributed by atoms with van der Waals surface area (Å²) in [4.78, 5) is 64.7. The Bertz CT molecular complexity index is 1330. The molecule has 4 atom stereocenters. The minimum absolute atomic E-state index is 0.0229. The number of hydrogen-bond donors (Lipinski definition) is 3. The van der Waals surface area contributed by atoms with Crippen molar-refractivity contribution in [2.24, 2.45) is 11.8 Å². The lowest BCUT2D eigenvalue weighted by molar-refractivity contribution is -0.127. The molecule has 0 bridgehead atoms. The molecule has 1 unspecified atom stereocenters. The van der Waals surface area contributed by atoms with Crippen LogP contribution in [0, 0.1) is 24.6 Å². The van der Waals surface area contributed by atoms with Crippen LogP contribution >= 0.6 is 11.3 Å². The van der Waals surface area contributed by atoms with Gasteiger partial charge in [-0.2, -0.15) is 0 Å². The van der Waals surface area contributed by atoms with Gasteiger partial charge in [0.1, 0.15) is 23.1 Å². The summed E-state index contributed by atoms with van der Waals surface area (Å²) in [5.41, 5.74) is 0.403. The third-order valence-electron chi connectivity index (χ3n) is 7.08. The fourth-order valence-electron chi connectivity index (χ4n) is 4.41. The van der Waals surface area contributed by atoms with E-state index in [0.717, 1.165) is 17.6 Å². The highest BCUT2D eigenvalue weighted by Gasteiger charge is 2.33. The summed E-state index contributed by atoms with van der Waals surface area (Å²) in [5.74, 6) is -4.25. The highest BCUT2D eigenvalue weighted by molar-refractivity contribution is 7.18. The number of aldehydes is 1. The molecule has 3 N–H and O–H groups in total. The molecule has 10 nitrogen and oxygen atoms in total. The molecule has 0 saturated carbocycles. The van der Waals surface area contributed by atoms with E-state index in [-0.39, 0.29) is 33.5 Å². The number of rotatable bonds is 14. The predicted octanol–water partition coefficient (Wildman–Crippen LogP) is 5.00. The lowest BCUT2D eigenvalue weighted by atomic mass is 9.95. The summed E-state index contributed by atoms with van der Waals surface area (Å²) in [5, 5.41) is 8.47. The molecule has 1 heterocycles. The van der Waals surface area contributed by atoms with Crippen LogP contribution in [0.25, 0.3) is 0 Å². The fourth-order valence-corrected chi connectivity index (χ4v) is 5.51. The Kier molecular flexibility index (Phi) is 13.2. The minimum Gasteiger partial charge on any atom is -0.465 e. The molecule has 1 aromatic carbocycles. The van der Waals surface area contributed by atoms with E-state index in [4.69, 9.17) is 9.47 Å². The second-order valence-electron chi connectivity index (χ2n) is 12.0. The zero-order valence-corrected chi connectivity index (χ0v) is 27.6. The smallest absolute Gasteiger partial charge is 0.341 e. The van der Waals surface area contributed by atoms with Gasteiger partial charge >= 0.3 is 5.97 Å². The molecule has 0 radical (unpaired) electrons. The Morgan fingerprint density at radius 2 is 1.64 bits per heavy atom. The number of amides is 3. The minimum atomic E-state index is -0.984. The van der Waals surface area contributed by atoms with Crippen LogP contribution in [0.1, 0.15) is 92.0 Å². The first-order valence-electron chi connectivity index (χ1n) is 14.5. The molecule has 0 aliphatic carbocycles. The van der Waals surface area contributed by atoms with Crippen LogP contribution in [0.15, 0.2) is 24.3 Å². The van der Waals surface area contributed by atoms with Crippen LogP contribution in [0.4, 0.5) is 9.39 Å². The molecule has 2 aromatic rings. The topological polar surface area (TPSA) is 140 Å². The number of hydrogen-bond acceptors (Lipinski definition) is 8. The van der Waals surface area contributed by atoms with Crippen molar-refractivity contribution in [2.45, 2.75) is 85.4 Å². The van der Waals surface area contributed by atoms with Gasteiger partial charge in [0.15, 0.2) is 0 Å². The van der Waals surface area contributed by atoms with Gasteiger partial charge in [-0.25, -0.2) is 9.18 Å². The van der Waals surface area contributed by atoms with Gasteiger partial charge in [-0.1, -0.05) is 39.8 Å². The van der Waals surface area contributed by atoms with Crippen molar-refractivity contribution < 1.29 is 37.8 Å². The molecule has 12 heteroatoms. The zero-order chi connectivity index (χ0) is 33.4. The number of anilines is 1. The first kappa shape index (κ1) is 36.6. The van der Waals surface area contributed by atoms with E-state index in [2.05, 4.69) is 16.0 Å². The Morgan fingerprint density at radius 3 is 2.14 bits per heavy atom. The molecular formula is C32H44FN3O7S. The van der Waals surface area contributed by atoms with Gasteiger partial charge in [0.05, 0.1) is 41.7 Å². The molecule has 44 heavy (non-hydrogen) atoms. The maximum atomic E-state index is 13.6. The monoisotopic (exact) mass is 633 g/mol. The van der Waals surface area contributed by atoms with Crippen LogP contribution in [-0.2, 0) is 23.9 Å². The molecule has 0 aliphatic heterocycles. The molecule has 0 saturated heterocycles. The summed E-state index contributed by atoms with van der Waals surface area (Å²) < 4.78 is 24.2. The van der Waals surface area contributed by atoms with Gasteiger partial charge in [-0.15, -0.1) is 11.3 Å². The van der Waals surface area contributed by atoms with Crippen molar-refractivity contribution in [3.63, 3.8) is 0 Å². The third kappa shape index (κ3) is 9.68. The van der Waals surface area contributed by atoms with Gasteiger partial charge < -0.3 is 30.2 Å². The van der Waals surface area contributed by atoms with Crippen LogP contribution in [0.5, 0.6) is 0 Å². The van der Waals surface area contributed by atoms with Crippen molar-refractivity contribution in [1.82, 2.24) is 10.6 Å². The standard InChI is InChI=1S/C32H44FN3O7S/c1-10-22(20-11-13-21(33)14-12-20)27(38)36-30-24(31(41)42-9)19(5)26(44-30)29(40)35-25(17(2)3)28(39)34-23(18(4)15-37)16-43-32(6,7)8/h11-15,17-18,22-23,25H,10,16H2,1-9H3,(H,34,39)(H,35,40)(H,36,38)/t18-,22?,23-,25+/m0/s1. The Labute approximate surface area is 262 Å². The Morgan fingerprint density at radius 1 is 1.02 bits per heavy atom. The van der Waals surface area contributed by atoms with Gasteiger partial charge in [0.25, 0.3) is 5.91 Å². The van der Waals surface area contributed by atoms with E-state index in [1.807, 2.05) is 20.8 Å². The highest BCUT2D eigenvalue weighted by atomic mass is 32.1. The van der Waals surface area contributed by atoms with Crippen molar-refractivity contribution in [2.75, 3.05) is 19.0 Å². The second-order valence-corrected chi connectivity index (χ2v) is 13.0. The lowest BCUT2D eigenvalue weighted by Gasteiger charge is -2.29. The van der Waals surface area contributed by atoms with Crippen LogP contribution < -0.4 is 16.0 Å². The molecule has 2 rings (SSSR count). The maximum absolute atomic E-state index is 13.6. The van der Waals surface area contributed by atoms with E-state index < -0.39 is 59.0 Å². The molecular weight excluding hydrogens is 589 g/mol. The van der Waals surface area contributed by atoms with Gasteiger partial charge in [0.2, 0.25) is 11.8 Å². The van der Waals surface area contributed by atoms with E-state index in [9.17, 15) is 28.4 Å². The Balaban J connectivity index is 2.35. The van der Waals surface area contributed by atoms with Gasteiger partial charge in [-0.05, 0) is 63.3 Å². The number of methoxy groups -OCH3 is 1. The number of thiophene rings is 1. The number of benzene rings is 1. The summed E-state index contributed by atoms with van der Waals surface area (Å²) in [7, 11) is 1.19. The van der Waals surface area contributed by atoms with Gasteiger partial charge in [0, 0.05) is 5.92 Å². The highest BCUT2D eigenvalue weighted by Crippen LogP contribution is 2.35. The maximum Gasteiger partial charge on any atom is 0.341 e. The number of carbonyl (C=O) groups excluding carboxylic acids is 5. The van der Waals surface area contributed by atoms with Crippen molar-refractivity contribution >= 4 is 46.3 Å². The number of esters is 1.